The summed E-state index contributed by atoms with van der Waals surface area (Å²) in [6.45, 7) is 2.15. The number of carbonyl (C=O) groups excluding carboxylic acids is 1. The van der Waals surface area contributed by atoms with Crippen LogP contribution in [0.4, 0.5) is 0 Å². The Hall–Kier alpha value is -1.35. The third-order valence-electron chi connectivity index (χ3n) is 3.22. The summed E-state index contributed by atoms with van der Waals surface area (Å²) in [6, 6.07) is 9.29. The third kappa shape index (κ3) is 2.42. The number of benzene rings is 1. The molecule has 3 N–H and O–H groups in total. The van der Waals surface area contributed by atoms with Gasteiger partial charge in [-0.3, -0.25) is 4.79 Å². The fourth-order valence-corrected chi connectivity index (χ4v) is 1.96. The summed E-state index contributed by atoms with van der Waals surface area (Å²) in [4.78, 5) is 11.8. The Labute approximate surface area is 96.0 Å². The van der Waals surface area contributed by atoms with E-state index in [0.717, 1.165) is 18.4 Å². The molecule has 0 heterocycles. The van der Waals surface area contributed by atoms with Crippen molar-refractivity contribution in [1.82, 2.24) is 5.32 Å². The summed E-state index contributed by atoms with van der Waals surface area (Å²) in [5, 5.41) is 2.99. The third-order valence-corrected chi connectivity index (χ3v) is 3.22. The maximum Gasteiger partial charge on any atom is 0.241 e. The number of amides is 1. The molecule has 1 saturated carbocycles. The SMILES string of the molecule is CCC1CC1NC(=O)[C@@H](N)c1ccccc1. The molecule has 2 rings (SSSR count). The van der Waals surface area contributed by atoms with Gasteiger partial charge < -0.3 is 11.1 Å². The Kier molecular flexibility index (Phi) is 3.25. The average Bonchev–Trinajstić information content (AvgIpc) is 3.07. The Morgan fingerprint density at radius 3 is 2.75 bits per heavy atom. The van der Waals surface area contributed by atoms with Crippen molar-refractivity contribution in [3.05, 3.63) is 35.9 Å². The van der Waals surface area contributed by atoms with Crippen molar-refractivity contribution in [1.29, 1.82) is 0 Å². The molecule has 1 aliphatic carbocycles. The van der Waals surface area contributed by atoms with E-state index in [1.165, 1.54) is 0 Å². The predicted octanol–water partition coefficient (Wildman–Crippen LogP) is 1.60. The fourth-order valence-electron chi connectivity index (χ4n) is 1.96. The first-order valence-electron chi connectivity index (χ1n) is 5.83. The van der Waals surface area contributed by atoms with Crippen molar-refractivity contribution < 1.29 is 4.79 Å². The molecule has 0 saturated heterocycles. The predicted molar refractivity (Wildman–Crippen MR) is 63.7 cm³/mol. The second-order valence-electron chi connectivity index (χ2n) is 4.41. The van der Waals surface area contributed by atoms with Gasteiger partial charge in [-0.25, -0.2) is 0 Å². The molecule has 0 bridgehead atoms. The highest BCUT2D eigenvalue weighted by atomic mass is 16.2. The number of hydrogen-bond donors (Lipinski definition) is 2. The lowest BCUT2D eigenvalue weighted by molar-refractivity contribution is -0.122. The molecule has 16 heavy (non-hydrogen) atoms. The van der Waals surface area contributed by atoms with E-state index in [1.807, 2.05) is 30.3 Å². The minimum atomic E-state index is -0.542. The molecule has 0 aromatic heterocycles. The van der Waals surface area contributed by atoms with Crippen molar-refractivity contribution >= 4 is 5.91 Å². The highest BCUT2D eigenvalue weighted by Gasteiger charge is 2.37. The minimum Gasteiger partial charge on any atom is -0.351 e. The van der Waals surface area contributed by atoms with Crippen LogP contribution in [0.1, 0.15) is 31.4 Å². The van der Waals surface area contributed by atoms with Gasteiger partial charge in [0.15, 0.2) is 0 Å². The van der Waals surface area contributed by atoms with Crippen LogP contribution in [0.2, 0.25) is 0 Å². The zero-order valence-corrected chi connectivity index (χ0v) is 9.52. The van der Waals surface area contributed by atoms with E-state index in [9.17, 15) is 4.79 Å². The lowest BCUT2D eigenvalue weighted by Crippen LogP contribution is -2.36. The Morgan fingerprint density at radius 1 is 1.50 bits per heavy atom. The summed E-state index contributed by atoms with van der Waals surface area (Å²) in [7, 11) is 0. The number of nitrogens with two attached hydrogens (primary N) is 1. The maximum absolute atomic E-state index is 11.8. The normalized spacial score (nSPS) is 24.9. The molecular formula is C13H18N2O. The second-order valence-corrected chi connectivity index (χ2v) is 4.41. The van der Waals surface area contributed by atoms with Crippen molar-refractivity contribution in [2.24, 2.45) is 11.7 Å². The molecule has 1 aliphatic rings. The van der Waals surface area contributed by atoms with Crippen LogP contribution in [0.3, 0.4) is 0 Å². The summed E-state index contributed by atoms with van der Waals surface area (Å²) in [5.74, 6) is 0.596. The molecule has 1 aromatic rings. The first-order chi connectivity index (χ1) is 7.72. The van der Waals surface area contributed by atoms with Crippen LogP contribution in [0.25, 0.3) is 0 Å². The van der Waals surface area contributed by atoms with Gasteiger partial charge >= 0.3 is 0 Å². The van der Waals surface area contributed by atoms with Crippen LogP contribution in [-0.4, -0.2) is 11.9 Å². The van der Waals surface area contributed by atoms with Crippen LogP contribution < -0.4 is 11.1 Å². The highest BCUT2D eigenvalue weighted by molar-refractivity contribution is 5.83. The zero-order valence-electron chi connectivity index (χ0n) is 9.52. The molecular weight excluding hydrogens is 200 g/mol. The molecule has 2 unspecified atom stereocenters. The number of rotatable bonds is 4. The van der Waals surface area contributed by atoms with Crippen molar-refractivity contribution in [2.45, 2.75) is 31.8 Å². The van der Waals surface area contributed by atoms with Crippen LogP contribution in [0.5, 0.6) is 0 Å². The second kappa shape index (κ2) is 4.66. The summed E-state index contributed by atoms with van der Waals surface area (Å²) >= 11 is 0. The molecule has 3 atom stereocenters. The molecule has 3 heteroatoms. The molecule has 3 nitrogen and oxygen atoms in total. The number of hydrogen-bond acceptors (Lipinski definition) is 2. The fraction of sp³-hybridized carbons (Fsp3) is 0.462. The van der Waals surface area contributed by atoms with Crippen LogP contribution >= 0.6 is 0 Å². The first-order valence-corrected chi connectivity index (χ1v) is 5.83. The summed E-state index contributed by atoms with van der Waals surface area (Å²) in [6.07, 6.45) is 2.23. The van der Waals surface area contributed by atoms with E-state index in [1.54, 1.807) is 0 Å². The largest absolute Gasteiger partial charge is 0.351 e. The molecule has 0 spiro atoms. The number of carbonyl (C=O) groups is 1. The van der Waals surface area contributed by atoms with E-state index in [4.69, 9.17) is 5.73 Å². The van der Waals surface area contributed by atoms with Gasteiger partial charge in [-0.15, -0.1) is 0 Å². The Morgan fingerprint density at radius 2 is 2.19 bits per heavy atom. The van der Waals surface area contributed by atoms with Gasteiger partial charge in [0, 0.05) is 6.04 Å². The summed E-state index contributed by atoms with van der Waals surface area (Å²) in [5.41, 5.74) is 6.76. The molecule has 1 amide bonds. The van der Waals surface area contributed by atoms with Gasteiger partial charge in [-0.1, -0.05) is 43.7 Å². The van der Waals surface area contributed by atoms with Gasteiger partial charge in [-0.2, -0.15) is 0 Å². The van der Waals surface area contributed by atoms with Gasteiger partial charge in [0.2, 0.25) is 5.91 Å². The van der Waals surface area contributed by atoms with Gasteiger partial charge in [0.1, 0.15) is 6.04 Å². The van der Waals surface area contributed by atoms with E-state index in [0.29, 0.717) is 12.0 Å². The lowest BCUT2D eigenvalue weighted by Gasteiger charge is -2.12. The van der Waals surface area contributed by atoms with Crippen LogP contribution in [0, 0.1) is 5.92 Å². The lowest BCUT2D eigenvalue weighted by atomic mass is 10.1. The monoisotopic (exact) mass is 218 g/mol. The molecule has 0 radical (unpaired) electrons. The van der Waals surface area contributed by atoms with Gasteiger partial charge in [0.25, 0.3) is 0 Å². The van der Waals surface area contributed by atoms with Gasteiger partial charge in [-0.05, 0) is 17.9 Å². The van der Waals surface area contributed by atoms with Crippen molar-refractivity contribution in [3.8, 4) is 0 Å². The molecule has 1 fully saturated rings. The summed E-state index contributed by atoms with van der Waals surface area (Å²) < 4.78 is 0. The van der Waals surface area contributed by atoms with Gasteiger partial charge in [0.05, 0.1) is 0 Å². The van der Waals surface area contributed by atoms with Crippen LogP contribution in [-0.2, 0) is 4.79 Å². The average molecular weight is 218 g/mol. The maximum atomic E-state index is 11.8. The highest BCUT2D eigenvalue weighted by Crippen LogP contribution is 2.33. The number of nitrogens with one attached hydrogen (secondary N) is 1. The van der Waals surface area contributed by atoms with Crippen molar-refractivity contribution in [2.75, 3.05) is 0 Å². The topological polar surface area (TPSA) is 55.1 Å². The molecule has 86 valence electrons. The first kappa shape index (κ1) is 11.1. The minimum absolute atomic E-state index is 0.0628. The zero-order chi connectivity index (χ0) is 11.5. The van der Waals surface area contributed by atoms with E-state index in [2.05, 4.69) is 12.2 Å². The van der Waals surface area contributed by atoms with Crippen molar-refractivity contribution in [3.63, 3.8) is 0 Å². The van der Waals surface area contributed by atoms with E-state index in [-0.39, 0.29) is 5.91 Å². The Bertz CT molecular complexity index is 363. The standard InChI is InChI=1S/C13H18N2O/c1-2-9-8-11(9)15-13(16)12(14)10-6-4-3-5-7-10/h3-7,9,11-12H,2,8,14H2,1H3,(H,15,16)/t9?,11?,12-/m0/s1. The molecule has 1 aromatic carbocycles. The van der Waals surface area contributed by atoms with E-state index >= 15 is 0 Å². The smallest absolute Gasteiger partial charge is 0.241 e. The Balaban J connectivity index is 1.90. The van der Waals surface area contributed by atoms with Crippen LogP contribution in [0.15, 0.2) is 30.3 Å². The van der Waals surface area contributed by atoms with E-state index < -0.39 is 6.04 Å². The molecule has 0 aliphatic heterocycles. The quantitative estimate of drug-likeness (QED) is 0.806.